The van der Waals surface area contributed by atoms with Crippen LogP contribution in [0, 0.1) is 10.1 Å². The van der Waals surface area contributed by atoms with Gasteiger partial charge in [0.05, 0.1) is 22.3 Å². The number of benzene rings is 2. The fourth-order valence-electron chi connectivity index (χ4n) is 4.58. The molecule has 8 heteroatoms. The summed E-state index contributed by atoms with van der Waals surface area (Å²) in [6.07, 6.45) is 3.70. The first-order valence-electron chi connectivity index (χ1n) is 11.5. The molecule has 176 valence electrons. The number of anilines is 1. The van der Waals surface area contributed by atoms with Crippen molar-refractivity contribution in [3.8, 4) is 5.69 Å². The van der Waals surface area contributed by atoms with Crippen molar-refractivity contribution < 1.29 is 4.92 Å². The number of hydrogen-bond donors (Lipinski definition) is 1. The van der Waals surface area contributed by atoms with E-state index in [9.17, 15) is 10.1 Å². The Morgan fingerprint density at radius 1 is 1.00 bits per heavy atom. The summed E-state index contributed by atoms with van der Waals surface area (Å²) in [5.41, 5.74) is 4.80. The van der Waals surface area contributed by atoms with E-state index in [1.165, 1.54) is 11.6 Å². The zero-order valence-corrected chi connectivity index (χ0v) is 20.2. The summed E-state index contributed by atoms with van der Waals surface area (Å²) < 4.78 is 1.98. The van der Waals surface area contributed by atoms with Gasteiger partial charge >= 0.3 is 0 Å². The molecule has 1 fully saturated rings. The number of nitrogens with one attached hydrogen (secondary N) is 1. The number of thiocarbonyl (C=S) groups is 1. The monoisotopic (exact) mass is 483 g/mol. The molecular formula is C27H25N5O2S. The molecule has 4 aromatic rings. The van der Waals surface area contributed by atoms with Crippen molar-refractivity contribution in [1.82, 2.24) is 14.9 Å². The van der Waals surface area contributed by atoms with E-state index in [0.717, 1.165) is 17.1 Å². The van der Waals surface area contributed by atoms with E-state index in [-0.39, 0.29) is 22.7 Å². The molecule has 1 aliphatic rings. The van der Waals surface area contributed by atoms with Crippen molar-refractivity contribution in [3.63, 3.8) is 0 Å². The normalized spacial score (nSPS) is 17.6. The van der Waals surface area contributed by atoms with E-state index in [0.29, 0.717) is 16.7 Å². The van der Waals surface area contributed by atoms with Crippen LogP contribution in [0.2, 0.25) is 0 Å². The molecule has 0 saturated carbocycles. The predicted octanol–water partition coefficient (Wildman–Crippen LogP) is 6.08. The fourth-order valence-corrected chi connectivity index (χ4v) is 4.93. The molecular weight excluding hydrogens is 458 g/mol. The van der Waals surface area contributed by atoms with Crippen LogP contribution in [0.25, 0.3) is 5.69 Å². The Balaban J connectivity index is 1.64. The van der Waals surface area contributed by atoms with Crippen molar-refractivity contribution in [1.29, 1.82) is 0 Å². The Morgan fingerprint density at radius 2 is 1.80 bits per heavy atom. The summed E-state index contributed by atoms with van der Waals surface area (Å²) >= 11 is 5.84. The fraction of sp³-hybridized carbons (Fsp3) is 0.185. The molecule has 0 amide bonds. The van der Waals surface area contributed by atoms with Gasteiger partial charge in [-0.1, -0.05) is 38.1 Å². The summed E-state index contributed by atoms with van der Waals surface area (Å²) in [5, 5.41) is 15.5. The highest BCUT2D eigenvalue weighted by Gasteiger charge is 2.42. The largest absolute Gasteiger partial charge is 0.351 e. The van der Waals surface area contributed by atoms with Crippen LogP contribution in [0.5, 0.6) is 0 Å². The number of nitro groups is 1. The molecule has 2 atom stereocenters. The van der Waals surface area contributed by atoms with Gasteiger partial charge in [-0.2, -0.15) is 0 Å². The third-order valence-electron chi connectivity index (χ3n) is 6.34. The van der Waals surface area contributed by atoms with Crippen molar-refractivity contribution in [3.05, 3.63) is 118 Å². The van der Waals surface area contributed by atoms with Gasteiger partial charge in [-0.15, -0.1) is 0 Å². The summed E-state index contributed by atoms with van der Waals surface area (Å²) in [6, 6.07) is 24.5. The maximum Gasteiger partial charge on any atom is 0.271 e. The van der Waals surface area contributed by atoms with Gasteiger partial charge in [0.25, 0.3) is 5.69 Å². The Labute approximate surface area is 209 Å². The number of pyridine rings is 1. The standard InChI is InChI=1S/C27H25N5O2S/c1-18(2)19-11-13-20(14-12-19)31-26(25(29-27(31)35)23-9-3-4-15-28-23)24-10-6-16-30(24)21-7-5-8-22(17-21)32(33)34/h3-18,25-26H,1-2H3,(H,29,35)/t25-,26+/m0/s1. The molecule has 3 heterocycles. The van der Waals surface area contributed by atoms with Gasteiger partial charge in [-0.3, -0.25) is 15.1 Å². The molecule has 1 aliphatic heterocycles. The lowest BCUT2D eigenvalue weighted by molar-refractivity contribution is -0.384. The number of nitro benzene ring substituents is 1. The summed E-state index contributed by atoms with van der Waals surface area (Å²) in [6.45, 7) is 4.34. The number of rotatable bonds is 6. The molecule has 0 bridgehead atoms. The quantitative estimate of drug-likeness (QED) is 0.203. The second-order valence-corrected chi connectivity index (χ2v) is 9.21. The molecule has 0 unspecified atom stereocenters. The van der Waals surface area contributed by atoms with Crippen LogP contribution >= 0.6 is 12.2 Å². The summed E-state index contributed by atoms with van der Waals surface area (Å²) in [5.74, 6) is 0.427. The number of hydrogen-bond acceptors (Lipinski definition) is 4. The van der Waals surface area contributed by atoms with Crippen molar-refractivity contribution in [2.24, 2.45) is 0 Å². The highest BCUT2D eigenvalue weighted by atomic mass is 32.1. The van der Waals surface area contributed by atoms with Crippen LogP contribution in [0.4, 0.5) is 11.4 Å². The molecule has 35 heavy (non-hydrogen) atoms. The van der Waals surface area contributed by atoms with E-state index < -0.39 is 0 Å². The van der Waals surface area contributed by atoms with Gasteiger partial charge in [-0.05, 0) is 66.2 Å². The summed E-state index contributed by atoms with van der Waals surface area (Å²) in [7, 11) is 0. The van der Waals surface area contributed by atoms with Crippen LogP contribution < -0.4 is 10.2 Å². The Bertz CT molecular complexity index is 1370. The topological polar surface area (TPSA) is 76.2 Å². The predicted molar refractivity (Wildman–Crippen MR) is 141 cm³/mol. The van der Waals surface area contributed by atoms with Crippen molar-refractivity contribution >= 4 is 28.7 Å². The molecule has 1 N–H and O–H groups in total. The van der Waals surface area contributed by atoms with Crippen LogP contribution in [0.1, 0.15) is 48.8 Å². The van der Waals surface area contributed by atoms with E-state index in [1.807, 2.05) is 47.2 Å². The van der Waals surface area contributed by atoms with Crippen molar-refractivity contribution in [2.75, 3.05) is 4.90 Å². The van der Waals surface area contributed by atoms with Gasteiger partial charge in [0.15, 0.2) is 5.11 Å². The average molecular weight is 484 g/mol. The first kappa shape index (κ1) is 22.7. The smallest absolute Gasteiger partial charge is 0.271 e. The van der Waals surface area contributed by atoms with Gasteiger partial charge in [-0.25, -0.2) is 0 Å². The van der Waals surface area contributed by atoms with Crippen LogP contribution in [0.15, 0.2) is 91.3 Å². The Hall–Kier alpha value is -4.04. The van der Waals surface area contributed by atoms with Gasteiger partial charge in [0.1, 0.15) is 6.04 Å². The number of non-ortho nitro benzene ring substituents is 1. The highest BCUT2D eigenvalue weighted by molar-refractivity contribution is 7.80. The molecule has 0 radical (unpaired) electrons. The molecule has 2 aromatic heterocycles. The molecule has 0 aliphatic carbocycles. The van der Waals surface area contributed by atoms with E-state index in [2.05, 4.69) is 53.3 Å². The first-order valence-corrected chi connectivity index (χ1v) is 11.9. The van der Waals surface area contributed by atoms with E-state index in [1.54, 1.807) is 18.3 Å². The Morgan fingerprint density at radius 3 is 2.49 bits per heavy atom. The zero-order valence-electron chi connectivity index (χ0n) is 19.4. The third kappa shape index (κ3) is 4.28. The van der Waals surface area contributed by atoms with E-state index >= 15 is 0 Å². The van der Waals surface area contributed by atoms with Crippen LogP contribution in [-0.4, -0.2) is 19.6 Å². The number of nitrogens with zero attached hydrogens (tertiary/aromatic N) is 4. The lowest BCUT2D eigenvalue weighted by Gasteiger charge is -2.29. The maximum absolute atomic E-state index is 11.4. The maximum atomic E-state index is 11.4. The van der Waals surface area contributed by atoms with Gasteiger partial charge < -0.3 is 14.8 Å². The SMILES string of the molecule is CC(C)c1ccc(N2C(=S)N[C@@H](c3ccccn3)[C@H]2c2cccn2-c2cccc([N+](=O)[O-])c2)cc1. The summed E-state index contributed by atoms with van der Waals surface area (Å²) in [4.78, 5) is 17.8. The molecule has 1 saturated heterocycles. The van der Waals surface area contributed by atoms with Crippen molar-refractivity contribution in [2.45, 2.75) is 31.8 Å². The van der Waals surface area contributed by atoms with E-state index in [4.69, 9.17) is 12.2 Å². The average Bonchev–Trinajstić information content (AvgIpc) is 3.49. The second-order valence-electron chi connectivity index (χ2n) is 8.82. The van der Waals surface area contributed by atoms with Gasteiger partial charge in [0, 0.05) is 35.9 Å². The molecule has 0 spiro atoms. The second kappa shape index (κ2) is 9.31. The molecule has 2 aromatic carbocycles. The van der Waals surface area contributed by atoms with Gasteiger partial charge in [0.2, 0.25) is 0 Å². The number of aromatic nitrogens is 2. The lowest BCUT2D eigenvalue weighted by atomic mass is 9.99. The third-order valence-corrected chi connectivity index (χ3v) is 6.65. The van der Waals surface area contributed by atoms with Crippen LogP contribution in [-0.2, 0) is 0 Å². The minimum atomic E-state index is -0.377. The Kier molecular flexibility index (Phi) is 6.05. The minimum absolute atomic E-state index is 0.0459. The minimum Gasteiger partial charge on any atom is -0.351 e. The molecule has 5 rings (SSSR count). The lowest BCUT2D eigenvalue weighted by Crippen LogP contribution is -2.30. The van der Waals surface area contributed by atoms with Crippen LogP contribution in [0.3, 0.4) is 0 Å². The first-order chi connectivity index (χ1) is 16.9. The molecule has 7 nitrogen and oxygen atoms in total. The highest BCUT2D eigenvalue weighted by Crippen LogP contribution is 2.42. The zero-order chi connectivity index (χ0) is 24.5.